The lowest BCUT2D eigenvalue weighted by Gasteiger charge is -2.17. The number of nitro benzene ring substituents is 1. The Hall–Kier alpha value is -1.91. The number of non-ortho nitro benzene ring substituents is 1. The van der Waals surface area contributed by atoms with Gasteiger partial charge in [-0.05, 0) is 5.56 Å². The van der Waals surface area contributed by atoms with Gasteiger partial charge in [-0.1, -0.05) is 25.0 Å². The fourth-order valence-corrected chi connectivity index (χ4v) is 2.99. The van der Waals surface area contributed by atoms with Crippen LogP contribution in [0.1, 0.15) is 12.5 Å². The molecule has 0 unspecified atom stereocenters. The van der Waals surface area contributed by atoms with Crippen LogP contribution in [0.2, 0.25) is 0 Å². The molecule has 0 saturated carbocycles. The molecule has 0 amide bonds. The standard InChI is InChI=1S/C12H14N2O4S/c1-3-9-13(4-2)19(17,18)10-11-5-7-12(8-6-11)14(15)16/h1,5-8H,4,9-10H2,2H3. The van der Waals surface area contributed by atoms with E-state index in [9.17, 15) is 18.5 Å². The Morgan fingerprint density at radius 3 is 2.37 bits per heavy atom. The quantitative estimate of drug-likeness (QED) is 0.448. The van der Waals surface area contributed by atoms with Gasteiger partial charge in [-0.25, -0.2) is 8.42 Å². The summed E-state index contributed by atoms with van der Waals surface area (Å²) in [6.07, 6.45) is 5.12. The molecule has 0 aromatic heterocycles. The Morgan fingerprint density at radius 2 is 1.95 bits per heavy atom. The molecule has 0 N–H and O–H groups in total. The van der Waals surface area contributed by atoms with Gasteiger partial charge in [0, 0.05) is 18.7 Å². The van der Waals surface area contributed by atoms with Crippen LogP contribution in [-0.4, -0.2) is 30.7 Å². The molecule has 0 atom stereocenters. The highest BCUT2D eigenvalue weighted by molar-refractivity contribution is 7.88. The van der Waals surface area contributed by atoms with Crippen molar-refractivity contribution in [1.82, 2.24) is 4.31 Å². The second kappa shape index (κ2) is 6.31. The van der Waals surface area contributed by atoms with Gasteiger partial charge < -0.3 is 0 Å². The maximum atomic E-state index is 12.0. The van der Waals surface area contributed by atoms with Crippen LogP contribution in [0.5, 0.6) is 0 Å². The van der Waals surface area contributed by atoms with Gasteiger partial charge in [0.1, 0.15) is 0 Å². The highest BCUT2D eigenvalue weighted by Crippen LogP contribution is 2.15. The van der Waals surface area contributed by atoms with Gasteiger partial charge in [-0.15, -0.1) is 6.42 Å². The largest absolute Gasteiger partial charge is 0.269 e. The average molecular weight is 282 g/mol. The molecule has 0 aliphatic carbocycles. The van der Waals surface area contributed by atoms with Crippen LogP contribution in [0, 0.1) is 22.5 Å². The Balaban J connectivity index is 2.89. The first-order valence-corrected chi connectivity index (χ1v) is 7.16. The third-order valence-electron chi connectivity index (χ3n) is 2.51. The van der Waals surface area contributed by atoms with E-state index in [-0.39, 0.29) is 18.0 Å². The van der Waals surface area contributed by atoms with E-state index < -0.39 is 14.9 Å². The topological polar surface area (TPSA) is 80.5 Å². The van der Waals surface area contributed by atoms with Crippen molar-refractivity contribution in [3.8, 4) is 12.3 Å². The first-order chi connectivity index (χ1) is 8.90. The molecule has 102 valence electrons. The van der Waals surface area contributed by atoms with Gasteiger partial charge in [0.05, 0.1) is 17.2 Å². The number of rotatable bonds is 6. The smallest absolute Gasteiger partial charge is 0.258 e. The Kier molecular flexibility index (Phi) is 5.03. The van der Waals surface area contributed by atoms with E-state index in [0.29, 0.717) is 12.1 Å². The number of hydrogen-bond acceptors (Lipinski definition) is 4. The zero-order chi connectivity index (χ0) is 14.5. The second-order valence-electron chi connectivity index (χ2n) is 3.81. The normalized spacial score (nSPS) is 11.2. The summed E-state index contributed by atoms with van der Waals surface area (Å²) >= 11 is 0. The van der Waals surface area contributed by atoms with Crippen LogP contribution >= 0.6 is 0 Å². The predicted molar refractivity (Wildman–Crippen MR) is 71.8 cm³/mol. The van der Waals surface area contributed by atoms with Gasteiger partial charge in [0.15, 0.2) is 0 Å². The molecule has 0 radical (unpaired) electrons. The molecule has 7 heteroatoms. The number of nitrogens with zero attached hydrogens (tertiary/aromatic N) is 2. The number of terminal acetylenes is 1. The van der Waals surface area contributed by atoms with Crippen molar-refractivity contribution in [1.29, 1.82) is 0 Å². The average Bonchev–Trinajstić information content (AvgIpc) is 2.35. The lowest BCUT2D eigenvalue weighted by molar-refractivity contribution is -0.384. The summed E-state index contributed by atoms with van der Waals surface area (Å²) in [5.74, 6) is 2.07. The summed E-state index contributed by atoms with van der Waals surface area (Å²) in [5, 5.41) is 10.5. The third kappa shape index (κ3) is 4.05. The lowest BCUT2D eigenvalue weighted by atomic mass is 10.2. The number of benzene rings is 1. The van der Waals surface area contributed by atoms with E-state index in [1.165, 1.54) is 28.6 Å². The monoisotopic (exact) mass is 282 g/mol. The molecule has 6 nitrogen and oxygen atoms in total. The van der Waals surface area contributed by atoms with Crippen LogP contribution in [-0.2, 0) is 15.8 Å². The predicted octanol–water partition coefficient (Wildman–Crippen LogP) is 1.38. The van der Waals surface area contributed by atoms with E-state index >= 15 is 0 Å². The molecule has 1 aromatic carbocycles. The van der Waals surface area contributed by atoms with Crippen LogP contribution in [0.25, 0.3) is 0 Å². The maximum Gasteiger partial charge on any atom is 0.269 e. The first kappa shape index (κ1) is 15.1. The van der Waals surface area contributed by atoms with E-state index in [4.69, 9.17) is 6.42 Å². The summed E-state index contributed by atoms with van der Waals surface area (Å²) in [5.41, 5.74) is 0.415. The van der Waals surface area contributed by atoms with E-state index in [0.717, 1.165) is 0 Å². The van der Waals surface area contributed by atoms with E-state index in [1.54, 1.807) is 6.92 Å². The van der Waals surface area contributed by atoms with Crippen molar-refractivity contribution < 1.29 is 13.3 Å². The van der Waals surface area contributed by atoms with E-state index in [2.05, 4.69) is 5.92 Å². The number of nitro groups is 1. The highest BCUT2D eigenvalue weighted by atomic mass is 32.2. The minimum Gasteiger partial charge on any atom is -0.258 e. The van der Waals surface area contributed by atoms with Gasteiger partial charge in [0.2, 0.25) is 10.0 Å². The molecule has 0 aliphatic heterocycles. The van der Waals surface area contributed by atoms with E-state index in [1.807, 2.05) is 0 Å². The van der Waals surface area contributed by atoms with Crippen molar-refractivity contribution >= 4 is 15.7 Å². The zero-order valence-electron chi connectivity index (χ0n) is 10.4. The SMILES string of the molecule is C#CCN(CC)S(=O)(=O)Cc1ccc([N+](=O)[O-])cc1. The Morgan fingerprint density at radius 1 is 1.37 bits per heavy atom. The molecular formula is C12H14N2O4S. The lowest BCUT2D eigenvalue weighted by Crippen LogP contribution is -2.32. The number of sulfonamides is 1. The molecule has 1 aromatic rings. The minimum atomic E-state index is -3.50. The molecule has 0 heterocycles. The third-order valence-corrected chi connectivity index (χ3v) is 4.38. The van der Waals surface area contributed by atoms with Crippen molar-refractivity contribution in [2.24, 2.45) is 0 Å². The molecule has 1 rings (SSSR count). The van der Waals surface area contributed by atoms with Gasteiger partial charge in [0.25, 0.3) is 5.69 Å². The summed E-state index contributed by atoms with van der Waals surface area (Å²) < 4.78 is 25.3. The van der Waals surface area contributed by atoms with Crippen LogP contribution < -0.4 is 0 Å². The van der Waals surface area contributed by atoms with Gasteiger partial charge in [-0.3, -0.25) is 10.1 Å². The molecule has 0 bridgehead atoms. The summed E-state index contributed by atoms with van der Waals surface area (Å²) in [6, 6.07) is 5.42. The maximum absolute atomic E-state index is 12.0. The molecule has 0 fully saturated rings. The first-order valence-electron chi connectivity index (χ1n) is 5.55. The van der Waals surface area contributed by atoms with Crippen molar-refractivity contribution in [2.45, 2.75) is 12.7 Å². The highest BCUT2D eigenvalue weighted by Gasteiger charge is 2.20. The zero-order valence-corrected chi connectivity index (χ0v) is 11.3. The summed E-state index contributed by atoms with van der Waals surface area (Å²) in [7, 11) is -3.50. The van der Waals surface area contributed by atoms with Crippen LogP contribution in [0.4, 0.5) is 5.69 Å². The fraction of sp³-hybridized carbons (Fsp3) is 0.333. The van der Waals surface area contributed by atoms with Gasteiger partial charge in [-0.2, -0.15) is 4.31 Å². The van der Waals surface area contributed by atoms with Crippen molar-refractivity contribution in [3.05, 3.63) is 39.9 Å². The summed E-state index contributed by atoms with van der Waals surface area (Å²) in [6.45, 7) is 2.01. The Bertz CT molecular complexity index is 587. The molecule has 0 aliphatic rings. The number of hydrogen-bond donors (Lipinski definition) is 0. The van der Waals surface area contributed by atoms with Crippen molar-refractivity contribution in [3.63, 3.8) is 0 Å². The summed E-state index contributed by atoms with van der Waals surface area (Å²) in [4.78, 5) is 9.96. The Labute approximate surface area is 112 Å². The van der Waals surface area contributed by atoms with Crippen molar-refractivity contribution in [2.75, 3.05) is 13.1 Å². The van der Waals surface area contributed by atoms with Gasteiger partial charge >= 0.3 is 0 Å². The fourth-order valence-electron chi connectivity index (χ4n) is 1.52. The molecule has 19 heavy (non-hydrogen) atoms. The van der Waals surface area contributed by atoms with Crippen LogP contribution in [0.15, 0.2) is 24.3 Å². The molecular weight excluding hydrogens is 268 g/mol. The van der Waals surface area contributed by atoms with Crippen LogP contribution in [0.3, 0.4) is 0 Å². The molecule has 0 saturated heterocycles. The molecule has 0 spiro atoms. The second-order valence-corrected chi connectivity index (χ2v) is 5.78. The minimum absolute atomic E-state index is 0.0197.